The van der Waals surface area contributed by atoms with Crippen LogP contribution in [0.15, 0.2) is 6.07 Å². The van der Waals surface area contributed by atoms with E-state index in [1.807, 2.05) is 13.0 Å². The third kappa shape index (κ3) is 3.03. The molecule has 4 nitrogen and oxygen atoms in total. The van der Waals surface area contributed by atoms with Gasteiger partial charge in [-0.25, -0.2) is 4.79 Å². The molecule has 0 saturated carbocycles. The molecule has 0 fully saturated rings. The maximum Gasteiger partial charge on any atom is 0.329 e. The van der Waals surface area contributed by atoms with E-state index in [9.17, 15) is 14.7 Å². The SMILES string of the molecule is CCCC(C)(NC(=O)c1cc2c(s1)CCCC2)C(=O)O. The Morgan fingerprint density at radius 3 is 2.70 bits per heavy atom. The Kier molecular flexibility index (Phi) is 4.48. The van der Waals surface area contributed by atoms with Crippen LogP contribution >= 0.6 is 11.3 Å². The maximum atomic E-state index is 12.3. The number of fused-ring (bicyclic) bond motifs is 1. The van der Waals surface area contributed by atoms with Crippen LogP contribution in [-0.4, -0.2) is 22.5 Å². The number of rotatable bonds is 5. The van der Waals surface area contributed by atoms with Crippen molar-refractivity contribution >= 4 is 23.2 Å². The van der Waals surface area contributed by atoms with Crippen molar-refractivity contribution in [1.29, 1.82) is 0 Å². The molecule has 2 N–H and O–H groups in total. The molecule has 1 amide bonds. The minimum atomic E-state index is -1.18. The average Bonchev–Trinajstić information content (AvgIpc) is 2.82. The van der Waals surface area contributed by atoms with Gasteiger partial charge in [-0.1, -0.05) is 13.3 Å². The van der Waals surface area contributed by atoms with Gasteiger partial charge in [-0.05, 0) is 50.7 Å². The number of hydrogen-bond acceptors (Lipinski definition) is 3. The number of amides is 1. The summed E-state index contributed by atoms with van der Waals surface area (Å²) < 4.78 is 0. The van der Waals surface area contributed by atoms with Crippen molar-refractivity contribution in [3.8, 4) is 0 Å². The van der Waals surface area contributed by atoms with Crippen LogP contribution in [0.4, 0.5) is 0 Å². The zero-order valence-corrected chi connectivity index (χ0v) is 12.8. The van der Waals surface area contributed by atoms with Gasteiger partial charge in [0.25, 0.3) is 5.91 Å². The quantitative estimate of drug-likeness (QED) is 0.877. The number of nitrogens with one attached hydrogen (secondary N) is 1. The fourth-order valence-electron chi connectivity index (χ4n) is 2.64. The Morgan fingerprint density at radius 1 is 1.40 bits per heavy atom. The Morgan fingerprint density at radius 2 is 2.10 bits per heavy atom. The summed E-state index contributed by atoms with van der Waals surface area (Å²) in [6.07, 6.45) is 5.57. The Balaban J connectivity index is 2.14. The number of carbonyl (C=O) groups is 2. The summed E-state index contributed by atoms with van der Waals surface area (Å²) in [5.74, 6) is -1.24. The van der Waals surface area contributed by atoms with Crippen LogP contribution in [0.3, 0.4) is 0 Å². The number of hydrogen-bond donors (Lipinski definition) is 2. The maximum absolute atomic E-state index is 12.3. The number of aryl methyl sites for hydroxylation is 2. The van der Waals surface area contributed by atoms with Crippen molar-refractivity contribution in [1.82, 2.24) is 5.32 Å². The summed E-state index contributed by atoms with van der Waals surface area (Å²) in [5.41, 5.74) is 0.0787. The molecule has 1 aromatic heterocycles. The molecular formula is C15H21NO3S. The predicted molar refractivity (Wildman–Crippen MR) is 79.4 cm³/mol. The molecule has 0 radical (unpaired) electrons. The second kappa shape index (κ2) is 5.95. The first-order valence-electron chi connectivity index (χ1n) is 7.14. The molecule has 1 aromatic rings. The van der Waals surface area contributed by atoms with Gasteiger partial charge in [-0.15, -0.1) is 11.3 Å². The summed E-state index contributed by atoms with van der Waals surface area (Å²) in [4.78, 5) is 25.6. The van der Waals surface area contributed by atoms with Crippen LogP contribution in [0.1, 0.15) is 59.6 Å². The van der Waals surface area contributed by atoms with E-state index in [1.165, 1.54) is 34.6 Å². The lowest BCUT2D eigenvalue weighted by atomic mass is 9.96. The van der Waals surface area contributed by atoms with Crippen molar-refractivity contribution in [3.63, 3.8) is 0 Å². The second-order valence-corrected chi connectivity index (χ2v) is 6.74. The molecule has 1 unspecified atom stereocenters. The van der Waals surface area contributed by atoms with Crippen molar-refractivity contribution in [3.05, 3.63) is 21.4 Å². The van der Waals surface area contributed by atoms with Crippen LogP contribution in [0.2, 0.25) is 0 Å². The lowest BCUT2D eigenvalue weighted by Crippen LogP contribution is -2.51. The smallest absolute Gasteiger partial charge is 0.329 e. The van der Waals surface area contributed by atoms with Crippen LogP contribution in [0.25, 0.3) is 0 Å². The van der Waals surface area contributed by atoms with E-state index in [2.05, 4.69) is 5.32 Å². The number of thiophene rings is 1. The first-order valence-corrected chi connectivity index (χ1v) is 7.95. The summed E-state index contributed by atoms with van der Waals surface area (Å²) >= 11 is 1.51. The van der Waals surface area contributed by atoms with Gasteiger partial charge in [0.2, 0.25) is 0 Å². The summed E-state index contributed by atoms with van der Waals surface area (Å²) in [7, 11) is 0. The Hall–Kier alpha value is -1.36. The van der Waals surface area contributed by atoms with Crippen molar-refractivity contribution < 1.29 is 14.7 Å². The molecule has 5 heteroatoms. The topological polar surface area (TPSA) is 66.4 Å². The Labute approximate surface area is 123 Å². The van der Waals surface area contributed by atoms with E-state index < -0.39 is 11.5 Å². The lowest BCUT2D eigenvalue weighted by Gasteiger charge is -2.25. The minimum absolute atomic E-state index is 0.261. The van der Waals surface area contributed by atoms with E-state index in [0.29, 0.717) is 17.7 Å². The molecule has 0 bridgehead atoms. The van der Waals surface area contributed by atoms with Crippen molar-refractivity contribution in [2.24, 2.45) is 0 Å². The van der Waals surface area contributed by atoms with E-state index >= 15 is 0 Å². The molecule has 1 aliphatic carbocycles. The summed E-state index contributed by atoms with van der Waals surface area (Å²) in [5, 5.41) is 12.0. The van der Waals surface area contributed by atoms with Crippen molar-refractivity contribution in [2.45, 2.75) is 57.9 Å². The fourth-order valence-corrected chi connectivity index (χ4v) is 3.79. The molecule has 1 aliphatic rings. The van der Waals surface area contributed by atoms with Gasteiger partial charge in [0.15, 0.2) is 0 Å². The molecule has 0 aliphatic heterocycles. The zero-order chi connectivity index (χ0) is 14.8. The average molecular weight is 295 g/mol. The predicted octanol–water partition coefficient (Wildman–Crippen LogP) is 3.00. The first kappa shape index (κ1) is 15.0. The van der Waals surface area contributed by atoms with Gasteiger partial charge >= 0.3 is 5.97 Å². The van der Waals surface area contributed by atoms with Crippen molar-refractivity contribution in [2.75, 3.05) is 0 Å². The summed E-state index contributed by atoms with van der Waals surface area (Å²) in [6, 6.07) is 1.93. The van der Waals surface area contributed by atoms with Gasteiger partial charge in [0.1, 0.15) is 5.54 Å². The molecule has 20 heavy (non-hydrogen) atoms. The standard InChI is InChI=1S/C15H21NO3S/c1-3-8-15(2,14(18)19)16-13(17)12-9-10-6-4-5-7-11(10)20-12/h9H,3-8H2,1-2H3,(H,16,17)(H,18,19). The molecule has 1 heterocycles. The van der Waals surface area contributed by atoms with E-state index in [0.717, 1.165) is 12.8 Å². The normalized spacial score (nSPS) is 17.1. The molecular weight excluding hydrogens is 274 g/mol. The lowest BCUT2D eigenvalue weighted by molar-refractivity contribution is -0.144. The van der Waals surface area contributed by atoms with E-state index in [4.69, 9.17) is 0 Å². The van der Waals surface area contributed by atoms with E-state index in [1.54, 1.807) is 6.92 Å². The highest BCUT2D eigenvalue weighted by atomic mass is 32.1. The number of aliphatic carboxylic acids is 1. The van der Waals surface area contributed by atoms with E-state index in [-0.39, 0.29) is 5.91 Å². The highest BCUT2D eigenvalue weighted by Crippen LogP contribution is 2.30. The molecule has 0 saturated heterocycles. The van der Waals surface area contributed by atoms with Crippen LogP contribution < -0.4 is 5.32 Å². The first-order chi connectivity index (χ1) is 9.46. The highest BCUT2D eigenvalue weighted by molar-refractivity contribution is 7.14. The van der Waals surface area contributed by atoms with Gasteiger partial charge in [-0.3, -0.25) is 4.79 Å². The zero-order valence-electron chi connectivity index (χ0n) is 12.0. The van der Waals surface area contributed by atoms with Gasteiger partial charge in [-0.2, -0.15) is 0 Å². The molecule has 110 valence electrons. The fraction of sp³-hybridized carbons (Fsp3) is 0.600. The monoisotopic (exact) mass is 295 g/mol. The van der Waals surface area contributed by atoms with Gasteiger partial charge in [0.05, 0.1) is 4.88 Å². The largest absolute Gasteiger partial charge is 0.480 e. The van der Waals surface area contributed by atoms with Crippen LogP contribution in [-0.2, 0) is 17.6 Å². The molecule has 1 atom stereocenters. The summed E-state index contributed by atoms with van der Waals surface area (Å²) in [6.45, 7) is 3.49. The number of carboxylic acid groups (broad SMARTS) is 1. The highest BCUT2D eigenvalue weighted by Gasteiger charge is 2.34. The third-order valence-electron chi connectivity index (χ3n) is 3.83. The molecule has 2 rings (SSSR count). The third-order valence-corrected chi connectivity index (χ3v) is 5.07. The second-order valence-electron chi connectivity index (χ2n) is 5.61. The molecule has 0 spiro atoms. The van der Waals surface area contributed by atoms with Gasteiger partial charge in [0, 0.05) is 4.88 Å². The number of carboxylic acids is 1. The Bertz CT molecular complexity index is 500. The number of carbonyl (C=O) groups excluding carboxylic acids is 1. The van der Waals surface area contributed by atoms with Crippen LogP contribution in [0.5, 0.6) is 0 Å². The molecule has 0 aromatic carbocycles. The minimum Gasteiger partial charge on any atom is -0.480 e. The van der Waals surface area contributed by atoms with Gasteiger partial charge < -0.3 is 10.4 Å². The van der Waals surface area contributed by atoms with Crippen LogP contribution in [0, 0.1) is 0 Å².